The molecule has 0 radical (unpaired) electrons. The maximum Gasteiger partial charge on any atom is 0.273 e. The van der Waals surface area contributed by atoms with Gasteiger partial charge in [0.1, 0.15) is 6.29 Å². The summed E-state index contributed by atoms with van der Waals surface area (Å²) in [7, 11) is 0. The molecule has 0 aliphatic rings. The molecule has 1 aromatic rings. The molecule has 0 aliphatic heterocycles. The van der Waals surface area contributed by atoms with E-state index in [-0.39, 0.29) is 23.5 Å². The zero-order chi connectivity index (χ0) is 11.5. The number of rotatable bonds is 4. The van der Waals surface area contributed by atoms with Crippen LogP contribution in [0.4, 0.5) is 8.78 Å². The summed E-state index contributed by atoms with van der Waals surface area (Å²) in [5, 5.41) is 0. The summed E-state index contributed by atoms with van der Waals surface area (Å²) in [6.07, 6.45) is 0.379. The molecule has 1 nitrogen and oxygen atoms in total. The quantitative estimate of drug-likeness (QED) is 0.696. The fraction of sp³-hybridized carbons (Fsp3) is 0.417. The van der Waals surface area contributed by atoms with Crippen molar-refractivity contribution in [3.63, 3.8) is 0 Å². The van der Waals surface area contributed by atoms with Gasteiger partial charge in [0.25, 0.3) is 5.92 Å². The van der Waals surface area contributed by atoms with E-state index in [0.29, 0.717) is 6.29 Å². The van der Waals surface area contributed by atoms with Gasteiger partial charge in [-0.3, -0.25) is 4.79 Å². The first-order valence-electron chi connectivity index (χ1n) is 4.89. The lowest BCUT2D eigenvalue weighted by Crippen LogP contribution is -2.16. The summed E-state index contributed by atoms with van der Waals surface area (Å²) in [6.45, 7) is 3.50. The molecule has 0 atom stereocenters. The molecule has 0 amide bonds. The first-order valence-corrected chi connectivity index (χ1v) is 4.89. The molecule has 15 heavy (non-hydrogen) atoms. The Balaban J connectivity index is 2.98. The van der Waals surface area contributed by atoms with Gasteiger partial charge in [0, 0.05) is 17.5 Å². The van der Waals surface area contributed by atoms with E-state index in [1.807, 2.05) is 0 Å². The highest BCUT2D eigenvalue weighted by Crippen LogP contribution is 2.34. The highest BCUT2D eigenvalue weighted by atomic mass is 19.3. The van der Waals surface area contributed by atoms with Crippen molar-refractivity contribution in [2.45, 2.75) is 26.2 Å². The van der Waals surface area contributed by atoms with Gasteiger partial charge in [-0.05, 0) is 12.0 Å². The van der Waals surface area contributed by atoms with Crippen LogP contribution in [-0.2, 0) is 5.92 Å². The van der Waals surface area contributed by atoms with Crippen molar-refractivity contribution in [1.29, 1.82) is 0 Å². The van der Waals surface area contributed by atoms with Crippen LogP contribution >= 0.6 is 0 Å². The Kier molecular flexibility index (Phi) is 3.56. The van der Waals surface area contributed by atoms with Crippen molar-refractivity contribution in [3.05, 3.63) is 35.4 Å². The van der Waals surface area contributed by atoms with E-state index < -0.39 is 5.92 Å². The third-order valence-electron chi connectivity index (χ3n) is 2.11. The minimum absolute atomic E-state index is 0.0826. The second kappa shape index (κ2) is 4.51. The fourth-order valence-corrected chi connectivity index (χ4v) is 1.47. The molecule has 0 heterocycles. The average Bonchev–Trinajstić information content (AvgIpc) is 2.16. The van der Waals surface area contributed by atoms with Crippen molar-refractivity contribution in [2.24, 2.45) is 5.92 Å². The summed E-state index contributed by atoms with van der Waals surface area (Å²) in [6, 6.07) is 5.60. The Bertz CT molecular complexity index is 345. The molecule has 1 aromatic carbocycles. The summed E-state index contributed by atoms with van der Waals surface area (Å²) in [4.78, 5) is 10.5. The minimum atomic E-state index is -2.85. The predicted molar refractivity (Wildman–Crippen MR) is 55.2 cm³/mol. The number of alkyl halides is 2. The van der Waals surface area contributed by atoms with E-state index >= 15 is 0 Å². The predicted octanol–water partition coefficient (Wildman–Crippen LogP) is 3.64. The standard InChI is InChI=1S/C12H14F2O/c1-9(2)7-12(13,14)11-5-3-4-10(6-11)8-15/h3-6,8-9H,7H2,1-2H3. The lowest BCUT2D eigenvalue weighted by Gasteiger charge is -2.18. The molecule has 1 rings (SSSR count). The summed E-state index contributed by atoms with van der Waals surface area (Å²) >= 11 is 0. The van der Waals surface area contributed by atoms with Crippen molar-refractivity contribution in [3.8, 4) is 0 Å². The molecular weight excluding hydrogens is 198 g/mol. The number of carbonyl (C=O) groups excluding carboxylic acids is 1. The zero-order valence-corrected chi connectivity index (χ0v) is 8.84. The number of benzene rings is 1. The van der Waals surface area contributed by atoms with Crippen molar-refractivity contribution >= 4 is 6.29 Å². The molecule has 0 N–H and O–H groups in total. The number of aldehydes is 1. The first-order chi connectivity index (χ1) is 6.95. The van der Waals surface area contributed by atoms with E-state index in [1.54, 1.807) is 13.8 Å². The third kappa shape index (κ3) is 3.11. The Morgan fingerprint density at radius 2 is 2.07 bits per heavy atom. The molecule has 0 saturated heterocycles. The van der Waals surface area contributed by atoms with E-state index in [2.05, 4.69) is 0 Å². The van der Waals surface area contributed by atoms with Crippen LogP contribution in [0.2, 0.25) is 0 Å². The fourth-order valence-electron chi connectivity index (χ4n) is 1.47. The third-order valence-corrected chi connectivity index (χ3v) is 2.11. The van der Waals surface area contributed by atoms with E-state index in [9.17, 15) is 13.6 Å². The lowest BCUT2D eigenvalue weighted by atomic mass is 9.97. The monoisotopic (exact) mass is 212 g/mol. The van der Waals surface area contributed by atoms with E-state index in [4.69, 9.17) is 0 Å². The van der Waals surface area contributed by atoms with Gasteiger partial charge in [-0.1, -0.05) is 32.0 Å². The van der Waals surface area contributed by atoms with Crippen molar-refractivity contribution in [2.75, 3.05) is 0 Å². The molecule has 0 aliphatic carbocycles. The van der Waals surface area contributed by atoms with Crippen LogP contribution in [0.5, 0.6) is 0 Å². The average molecular weight is 212 g/mol. The second-order valence-electron chi connectivity index (χ2n) is 4.05. The maximum absolute atomic E-state index is 13.6. The smallest absolute Gasteiger partial charge is 0.273 e. The van der Waals surface area contributed by atoms with Gasteiger partial charge in [0.15, 0.2) is 0 Å². The number of hydrogen-bond donors (Lipinski definition) is 0. The van der Waals surface area contributed by atoms with Crippen LogP contribution in [0.15, 0.2) is 24.3 Å². The Morgan fingerprint density at radius 3 is 2.60 bits per heavy atom. The molecule has 0 unspecified atom stereocenters. The molecule has 3 heteroatoms. The SMILES string of the molecule is CC(C)CC(F)(F)c1cccc(C=O)c1. The molecule has 0 aromatic heterocycles. The van der Waals surface area contributed by atoms with Gasteiger partial charge in [-0.25, -0.2) is 8.78 Å². The van der Waals surface area contributed by atoms with Crippen LogP contribution in [0.25, 0.3) is 0 Å². The Hall–Kier alpha value is -1.25. The van der Waals surface area contributed by atoms with Crippen LogP contribution in [-0.4, -0.2) is 6.29 Å². The zero-order valence-electron chi connectivity index (χ0n) is 8.84. The maximum atomic E-state index is 13.6. The van der Waals surface area contributed by atoms with Gasteiger partial charge in [0.2, 0.25) is 0 Å². The summed E-state index contributed by atoms with van der Waals surface area (Å²) < 4.78 is 27.2. The van der Waals surface area contributed by atoms with Crippen molar-refractivity contribution in [1.82, 2.24) is 0 Å². The molecule has 0 bridgehead atoms. The second-order valence-corrected chi connectivity index (χ2v) is 4.05. The van der Waals surface area contributed by atoms with Crippen LogP contribution in [0, 0.1) is 5.92 Å². The lowest BCUT2D eigenvalue weighted by molar-refractivity contribution is -0.0249. The largest absolute Gasteiger partial charge is 0.298 e. The Morgan fingerprint density at radius 1 is 1.40 bits per heavy atom. The highest BCUT2D eigenvalue weighted by molar-refractivity contribution is 5.75. The molecule has 0 spiro atoms. The van der Waals surface area contributed by atoms with Gasteiger partial charge in [-0.2, -0.15) is 0 Å². The molecule has 0 saturated carbocycles. The van der Waals surface area contributed by atoms with Gasteiger partial charge >= 0.3 is 0 Å². The van der Waals surface area contributed by atoms with Crippen LogP contribution in [0.1, 0.15) is 36.2 Å². The normalized spacial score (nSPS) is 11.8. The van der Waals surface area contributed by atoms with Crippen molar-refractivity contribution < 1.29 is 13.6 Å². The Labute approximate surface area is 88.1 Å². The number of hydrogen-bond acceptors (Lipinski definition) is 1. The van der Waals surface area contributed by atoms with E-state index in [0.717, 1.165) is 0 Å². The summed E-state index contributed by atoms with van der Waals surface area (Å²) in [5.41, 5.74) is 0.205. The van der Waals surface area contributed by atoms with Crippen LogP contribution < -0.4 is 0 Å². The molecule has 82 valence electrons. The topological polar surface area (TPSA) is 17.1 Å². The number of halogens is 2. The molecular formula is C12H14F2O. The highest BCUT2D eigenvalue weighted by Gasteiger charge is 2.32. The van der Waals surface area contributed by atoms with Gasteiger partial charge in [0.05, 0.1) is 0 Å². The van der Waals surface area contributed by atoms with Gasteiger partial charge < -0.3 is 0 Å². The van der Waals surface area contributed by atoms with Crippen LogP contribution in [0.3, 0.4) is 0 Å². The first kappa shape index (κ1) is 11.8. The number of carbonyl (C=O) groups is 1. The van der Waals surface area contributed by atoms with E-state index in [1.165, 1.54) is 24.3 Å². The molecule has 0 fully saturated rings. The minimum Gasteiger partial charge on any atom is -0.298 e. The van der Waals surface area contributed by atoms with Gasteiger partial charge in [-0.15, -0.1) is 0 Å². The summed E-state index contributed by atoms with van der Waals surface area (Å²) in [5.74, 6) is -2.94.